The average molecular weight is 529 g/mol. The lowest BCUT2D eigenvalue weighted by Gasteiger charge is -2.19. The van der Waals surface area contributed by atoms with E-state index in [0.29, 0.717) is 22.8 Å². The van der Waals surface area contributed by atoms with Gasteiger partial charge in [0.1, 0.15) is 5.69 Å². The number of halogens is 1. The molecule has 0 atom stereocenters. The van der Waals surface area contributed by atoms with E-state index < -0.39 is 0 Å². The number of hydrogen-bond acceptors (Lipinski definition) is 4. The van der Waals surface area contributed by atoms with Crippen molar-refractivity contribution < 1.29 is 4.79 Å². The molecule has 8 heteroatoms. The first kappa shape index (κ1) is 23.0. The smallest absolute Gasteiger partial charge is 0.272 e. The number of nitrogens with one attached hydrogen (secondary N) is 2. The van der Waals surface area contributed by atoms with E-state index in [0.717, 1.165) is 26.5 Å². The number of aromatic nitrogens is 5. The normalized spacial score (nSPS) is 11.7. The summed E-state index contributed by atoms with van der Waals surface area (Å²) in [5, 5.41) is 18.1. The summed E-state index contributed by atoms with van der Waals surface area (Å²) in [5.74, 6) is 0.258. The largest absolute Gasteiger partial charge is 0.339 e. The van der Waals surface area contributed by atoms with Gasteiger partial charge >= 0.3 is 0 Å². The molecule has 0 aliphatic rings. The SMILES string of the molecule is Cn1c(C(=O)Nc2ccc(Br)cc2-c2nnn[nH]2)cc2cccc(-c3ccc(C(C)(C)C)cc3)c21. The Labute approximate surface area is 211 Å². The first-order valence-corrected chi connectivity index (χ1v) is 12.1. The molecule has 0 unspecified atom stereocenters. The number of carbonyl (C=O) groups excluding carboxylic acids is 1. The second-order valence-electron chi connectivity index (χ2n) is 9.55. The molecular weight excluding hydrogens is 504 g/mol. The van der Waals surface area contributed by atoms with Crippen molar-refractivity contribution in [1.82, 2.24) is 25.2 Å². The van der Waals surface area contributed by atoms with E-state index in [1.807, 2.05) is 48.0 Å². The molecule has 5 aromatic rings. The second kappa shape index (κ2) is 8.78. The number of carbonyl (C=O) groups is 1. The lowest BCUT2D eigenvalue weighted by molar-refractivity contribution is 0.102. The summed E-state index contributed by atoms with van der Waals surface area (Å²) in [6.45, 7) is 6.63. The summed E-state index contributed by atoms with van der Waals surface area (Å²) in [4.78, 5) is 13.4. The van der Waals surface area contributed by atoms with Crippen molar-refractivity contribution in [3.8, 4) is 22.5 Å². The van der Waals surface area contributed by atoms with Gasteiger partial charge in [-0.05, 0) is 51.2 Å². The number of benzene rings is 3. The summed E-state index contributed by atoms with van der Waals surface area (Å²) >= 11 is 3.47. The van der Waals surface area contributed by atoms with Gasteiger partial charge in [0.2, 0.25) is 0 Å². The molecule has 7 nitrogen and oxygen atoms in total. The number of para-hydroxylation sites is 1. The van der Waals surface area contributed by atoms with E-state index >= 15 is 0 Å². The lowest BCUT2D eigenvalue weighted by atomic mass is 9.86. The molecule has 0 saturated carbocycles. The maximum Gasteiger partial charge on any atom is 0.272 e. The molecule has 35 heavy (non-hydrogen) atoms. The van der Waals surface area contributed by atoms with Crippen molar-refractivity contribution in [2.45, 2.75) is 26.2 Å². The van der Waals surface area contributed by atoms with Crippen LogP contribution in [-0.2, 0) is 12.5 Å². The van der Waals surface area contributed by atoms with Crippen LogP contribution in [0, 0.1) is 0 Å². The van der Waals surface area contributed by atoms with Crippen LogP contribution < -0.4 is 5.32 Å². The summed E-state index contributed by atoms with van der Waals surface area (Å²) < 4.78 is 2.81. The predicted molar refractivity (Wildman–Crippen MR) is 142 cm³/mol. The topological polar surface area (TPSA) is 88.5 Å². The number of tetrazole rings is 1. The van der Waals surface area contributed by atoms with Gasteiger partial charge in [-0.3, -0.25) is 4.79 Å². The van der Waals surface area contributed by atoms with Crippen molar-refractivity contribution in [3.05, 3.63) is 82.5 Å². The lowest BCUT2D eigenvalue weighted by Crippen LogP contribution is -2.16. The molecule has 176 valence electrons. The van der Waals surface area contributed by atoms with Crippen molar-refractivity contribution in [1.29, 1.82) is 0 Å². The number of fused-ring (bicyclic) bond motifs is 1. The molecular formula is C27H25BrN6O. The molecule has 2 N–H and O–H groups in total. The van der Waals surface area contributed by atoms with Gasteiger partial charge in [-0.25, -0.2) is 5.10 Å². The Kier molecular flexibility index (Phi) is 5.76. The fraction of sp³-hybridized carbons (Fsp3) is 0.185. The quantitative estimate of drug-likeness (QED) is 0.285. The first-order chi connectivity index (χ1) is 16.7. The van der Waals surface area contributed by atoms with E-state index in [9.17, 15) is 4.79 Å². The monoisotopic (exact) mass is 528 g/mol. The third kappa shape index (κ3) is 4.37. The highest BCUT2D eigenvalue weighted by Crippen LogP contribution is 2.33. The molecule has 2 heterocycles. The zero-order chi connectivity index (χ0) is 24.7. The maximum atomic E-state index is 13.4. The predicted octanol–water partition coefficient (Wildman–Crippen LogP) is 6.34. The average Bonchev–Trinajstić information content (AvgIpc) is 3.48. The summed E-state index contributed by atoms with van der Waals surface area (Å²) in [6.07, 6.45) is 0. The van der Waals surface area contributed by atoms with Crippen molar-refractivity contribution in [2.24, 2.45) is 7.05 Å². The molecule has 2 aromatic heterocycles. The van der Waals surface area contributed by atoms with E-state index in [1.165, 1.54) is 5.56 Å². The molecule has 3 aromatic carbocycles. The molecule has 0 radical (unpaired) electrons. The van der Waals surface area contributed by atoms with E-state index in [2.05, 4.69) is 93.0 Å². The van der Waals surface area contributed by atoms with Crippen molar-refractivity contribution in [3.63, 3.8) is 0 Å². The van der Waals surface area contributed by atoms with Crippen molar-refractivity contribution >= 4 is 38.4 Å². The summed E-state index contributed by atoms with van der Waals surface area (Å²) in [6, 6.07) is 22.3. The Bertz CT molecular complexity index is 1530. The number of aryl methyl sites for hydroxylation is 1. The minimum Gasteiger partial charge on any atom is -0.339 e. The third-order valence-electron chi connectivity index (χ3n) is 6.18. The fourth-order valence-corrected chi connectivity index (χ4v) is 4.66. The highest BCUT2D eigenvalue weighted by atomic mass is 79.9. The van der Waals surface area contributed by atoms with Crippen LogP contribution in [0.15, 0.2) is 71.2 Å². The van der Waals surface area contributed by atoms with Gasteiger partial charge in [0.25, 0.3) is 5.91 Å². The number of anilines is 1. The van der Waals surface area contributed by atoms with E-state index in [1.54, 1.807) is 0 Å². The van der Waals surface area contributed by atoms with Crippen molar-refractivity contribution in [2.75, 3.05) is 5.32 Å². The summed E-state index contributed by atoms with van der Waals surface area (Å²) in [7, 11) is 1.92. The molecule has 0 spiro atoms. The van der Waals surface area contributed by atoms with Crippen LogP contribution in [-0.4, -0.2) is 31.1 Å². The van der Waals surface area contributed by atoms with Crippen LogP contribution >= 0.6 is 15.9 Å². The minimum atomic E-state index is -0.214. The fourth-order valence-electron chi connectivity index (χ4n) is 4.30. The van der Waals surface area contributed by atoms with Gasteiger partial charge in [-0.2, -0.15) is 0 Å². The standard InChI is InChI=1S/C27H25BrN6O/c1-27(2,3)18-10-8-16(9-11-18)20-7-5-6-17-14-23(34(4)24(17)20)26(35)29-22-13-12-19(28)15-21(22)25-30-32-33-31-25/h5-15H,1-4H3,(H,29,35)(H,30,31,32,33). The molecule has 0 saturated heterocycles. The molecule has 0 fully saturated rings. The van der Waals surface area contributed by atoms with E-state index in [4.69, 9.17) is 0 Å². The van der Waals surface area contributed by atoms with Gasteiger partial charge in [0.05, 0.1) is 11.2 Å². The molecule has 0 aliphatic heterocycles. The number of nitrogens with zero attached hydrogens (tertiary/aromatic N) is 4. The number of aromatic amines is 1. The van der Waals surface area contributed by atoms with Crippen LogP contribution in [0.1, 0.15) is 36.8 Å². The van der Waals surface area contributed by atoms with Gasteiger partial charge < -0.3 is 9.88 Å². The molecule has 0 aliphatic carbocycles. The van der Waals surface area contributed by atoms with Crippen LogP contribution in [0.2, 0.25) is 0 Å². The van der Waals surface area contributed by atoms with Gasteiger partial charge in [-0.1, -0.05) is 79.2 Å². The summed E-state index contributed by atoms with van der Waals surface area (Å²) in [5.41, 5.74) is 6.45. The highest BCUT2D eigenvalue weighted by Gasteiger charge is 2.19. The number of rotatable bonds is 4. The van der Waals surface area contributed by atoms with Crippen LogP contribution in [0.25, 0.3) is 33.4 Å². The number of hydrogen-bond donors (Lipinski definition) is 2. The van der Waals surface area contributed by atoms with Gasteiger partial charge in [0.15, 0.2) is 5.82 Å². The Morgan fingerprint density at radius 3 is 2.46 bits per heavy atom. The van der Waals surface area contributed by atoms with Gasteiger partial charge in [-0.15, -0.1) is 5.10 Å². The zero-order valence-electron chi connectivity index (χ0n) is 19.9. The van der Waals surface area contributed by atoms with Gasteiger partial charge in [0, 0.05) is 28.0 Å². The molecule has 5 rings (SSSR count). The minimum absolute atomic E-state index is 0.0917. The molecule has 1 amide bonds. The maximum absolute atomic E-state index is 13.4. The van der Waals surface area contributed by atoms with Crippen LogP contribution in [0.4, 0.5) is 5.69 Å². The zero-order valence-corrected chi connectivity index (χ0v) is 21.5. The Morgan fingerprint density at radius 2 is 1.77 bits per heavy atom. The Balaban J connectivity index is 1.53. The third-order valence-corrected chi connectivity index (χ3v) is 6.67. The number of H-pyrrole nitrogens is 1. The van der Waals surface area contributed by atoms with Crippen LogP contribution in [0.5, 0.6) is 0 Å². The molecule has 0 bridgehead atoms. The number of amides is 1. The Hall–Kier alpha value is -3.78. The van der Waals surface area contributed by atoms with Crippen LogP contribution in [0.3, 0.4) is 0 Å². The second-order valence-corrected chi connectivity index (χ2v) is 10.5. The Morgan fingerprint density at radius 1 is 1.00 bits per heavy atom. The van der Waals surface area contributed by atoms with E-state index in [-0.39, 0.29) is 11.3 Å². The highest BCUT2D eigenvalue weighted by molar-refractivity contribution is 9.10. The first-order valence-electron chi connectivity index (χ1n) is 11.3.